The van der Waals surface area contributed by atoms with Gasteiger partial charge in [-0.2, -0.15) is 5.10 Å². The number of anilines is 1. The van der Waals surface area contributed by atoms with Crippen molar-refractivity contribution in [3.8, 4) is 17.2 Å². The number of amides is 2. The molecule has 1 aliphatic heterocycles. The third-order valence-corrected chi connectivity index (χ3v) is 9.50. The lowest BCUT2D eigenvalue weighted by Crippen LogP contribution is -2.38. The van der Waals surface area contributed by atoms with E-state index in [1.165, 1.54) is 0 Å². The Bertz CT molecular complexity index is 1970. The van der Waals surface area contributed by atoms with E-state index >= 15 is 0 Å². The second-order valence-corrected chi connectivity index (χ2v) is 14.6. The van der Waals surface area contributed by atoms with E-state index in [9.17, 15) is 4.79 Å². The molecule has 7 rings (SSSR count). The molecule has 0 bridgehead atoms. The number of aromatic nitrogens is 5. The molecule has 1 saturated heterocycles. The number of rotatable bonds is 10. The molecule has 2 amide bonds. The molecule has 1 fully saturated rings. The van der Waals surface area contributed by atoms with Gasteiger partial charge in [-0.1, -0.05) is 65.0 Å². The Morgan fingerprint density at radius 1 is 0.961 bits per heavy atom. The second kappa shape index (κ2) is 14.7. The molecule has 3 aromatic heterocycles. The molecule has 0 saturated carbocycles. The summed E-state index contributed by atoms with van der Waals surface area (Å²) in [4.78, 5) is 16.0. The topological polar surface area (TPSA) is 120 Å². The number of fused-ring (bicyclic) bond motifs is 2. The van der Waals surface area contributed by atoms with Crippen LogP contribution in [0, 0.1) is 0 Å². The van der Waals surface area contributed by atoms with E-state index in [0.717, 1.165) is 91.2 Å². The molecule has 2 atom stereocenters. The van der Waals surface area contributed by atoms with Crippen molar-refractivity contribution >= 4 is 17.5 Å². The number of hydrogen-bond acceptors (Lipinski definition) is 8. The molecule has 12 heteroatoms. The van der Waals surface area contributed by atoms with Gasteiger partial charge in [0.05, 0.1) is 36.8 Å². The van der Waals surface area contributed by atoms with Crippen molar-refractivity contribution in [3.63, 3.8) is 0 Å². The zero-order valence-corrected chi connectivity index (χ0v) is 30.1. The lowest BCUT2D eigenvalue weighted by atomic mass is 9.85. The first kappa shape index (κ1) is 34.5. The number of pyridine rings is 1. The number of carbonyl (C=O) groups excluding carboxylic acids is 1. The SMILES string of the molecule is CC(C)c1nnc2ccc(OC3CCC(NC(=O)Nc4cc(C(C)(C)C)nn4-c4cccc(OCCN5CCOCC5)c4)c4ccccc43)cn12. The molecule has 2 unspecified atom stereocenters. The van der Waals surface area contributed by atoms with Gasteiger partial charge in [0.25, 0.3) is 0 Å². The van der Waals surface area contributed by atoms with Crippen LogP contribution in [0.15, 0.2) is 72.9 Å². The van der Waals surface area contributed by atoms with Crippen molar-refractivity contribution in [2.75, 3.05) is 44.8 Å². The molecule has 12 nitrogen and oxygen atoms in total. The molecular weight excluding hydrogens is 644 g/mol. The fraction of sp³-hybridized carbons (Fsp3) is 0.436. The monoisotopic (exact) mass is 692 g/mol. The standard InChI is InChI=1S/C39H48N8O4/c1-26(2)37-43-42-35-16-13-29(25-46(35)37)51-33-15-14-32(30-11-6-7-12-31(30)33)40-38(48)41-36-24-34(39(3,4)5)44-47(36)27-9-8-10-28(23-27)50-22-19-45-17-20-49-21-18-45/h6-13,16,23-26,32-33H,14-15,17-22H2,1-5H3,(H2,40,41,48). The summed E-state index contributed by atoms with van der Waals surface area (Å²) in [6, 6.07) is 21.4. The Morgan fingerprint density at radius 2 is 1.76 bits per heavy atom. The second-order valence-electron chi connectivity index (χ2n) is 14.6. The van der Waals surface area contributed by atoms with Crippen LogP contribution in [0.25, 0.3) is 11.3 Å². The molecule has 2 aromatic carbocycles. The van der Waals surface area contributed by atoms with Crippen LogP contribution in [0.4, 0.5) is 10.6 Å². The molecule has 2 aliphatic rings. The number of nitrogens with zero attached hydrogens (tertiary/aromatic N) is 6. The van der Waals surface area contributed by atoms with Crippen LogP contribution in [0.1, 0.15) is 88.2 Å². The van der Waals surface area contributed by atoms with Crippen molar-refractivity contribution in [3.05, 3.63) is 95.6 Å². The predicted octanol–water partition coefficient (Wildman–Crippen LogP) is 6.82. The molecule has 1 aliphatic carbocycles. The number of carbonyl (C=O) groups is 1. The minimum Gasteiger partial charge on any atom is -0.492 e. The van der Waals surface area contributed by atoms with Crippen molar-refractivity contribution < 1.29 is 19.0 Å². The van der Waals surface area contributed by atoms with E-state index in [0.29, 0.717) is 12.4 Å². The van der Waals surface area contributed by atoms with Gasteiger partial charge in [0.1, 0.15) is 35.9 Å². The van der Waals surface area contributed by atoms with Crippen molar-refractivity contribution in [2.24, 2.45) is 0 Å². The van der Waals surface area contributed by atoms with Gasteiger partial charge in [-0.25, -0.2) is 9.48 Å². The van der Waals surface area contributed by atoms with Gasteiger partial charge in [0.2, 0.25) is 0 Å². The Balaban J connectivity index is 1.05. The van der Waals surface area contributed by atoms with Crippen LogP contribution in [0.5, 0.6) is 11.5 Å². The van der Waals surface area contributed by atoms with Crippen LogP contribution in [-0.4, -0.2) is 74.8 Å². The minimum atomic E-state index is -0.298. The quantitative estimate of drug-likeness (QED) is 0.164. The fourth-order valence-electron chi connectivity index (χ4n) is 6.71. The lowest BCUT2D eigenvalue weighted by Gasteiger charge is -2.32. The molecule has 5 aromatic rings. The number of hydrogen-bond donors (Lipinski definition) is 2. The summed E-state index contributed by atoms with van der Waals surface area (Å²) in [5.74, 6) is 3.21. The van der Waals surface area contributed by atoms with Gasteiger partial charge in [-0.15, -0.1) is 10.2 Å². The van der Waals surface area contributed by atoms with Crippen molar-refractivity contribution in [2.45, 2.75) is 70.9 Å². The highest BCUT2D eigenvalue weighted by Crippen LogP contribution is 2.39. The third-order valence-electron chi connectivity index (χ3n) is 9.50. The number of urea groups is 1. The summed E-state index contributed by atoms with van der Waals surface area (Å²) in [5.41, 5.74) is 4.34. The smallest absolute Gasteiger partial charge is 0.320 e. The minimum absolute atomic E-state index is 0.155. The zero-order chi connectivity index (χ0) is 35.5. The molecule has 0 radical (unpaired) electrons. The summed E-state index contributed by atoms with van der Waals surface area (Å²) in [5, 5.41) is 19.9. The Labute approximate surface area is 299 Å². The van der Waals surface area contributed by atoms with Crippen molar-refractivity contribution in [1.82, 2.24) is 34.6 Å². The Kier molecular flexibility index (Phi) is 9.97. The van der Waals surface area contributed by atoms with Gasteiger partial charge < -0.3 is 19.5 Å². The van der Waals surface area contributed by atoms with Gasteiger partial charge in [-0.05, 0) is 48.2 Å². The highest BCUT2D eigenvalue weighted by Gasteiger charge is 2.30. The van der Waals surface area contributed by atoms with E-state index in [1.54, 1.807) is 4.68 Å². The first-order valence-electron chi connectivity index (χ1n) is 17.9. The maximum atomic E-state index is 13.7. The number of benzene rings is 2. The van der Waals surface area contributed by atoms with E-state index < -0.39 is 0 Å². The average Bonchev–Trinajstić information content (AvgIpc) is 3.75. The maximum absolute atomic E-state index is 13.7. The van der Waals surface area contributed by atoms with Crippen LogP contribution < -0.4 is 20.1 Å². The zero-order valence-electron chi connectivity index (χ0n) is 30.1. The Hall–Kier alpha value is -4.94. The number of nitrogens with one attached hydrogen (secondary N) is 2. The molecule has 0 spiro atoms. The van der Waals surface area contributed by atoms with Gasteiger partial charge >= 0.3 is 6.03 Å². The van der Waals surface area contributed by atoms with Crippen LogP contribution in [0.2, 0.25) is 0 Å². The average molecular weight is 693 g/mol. The maximum Gasteiger partial charge on any atom is 0.320 e. The summed E-state index contributed by atoms with van der Waals surface area (Å²) in [6.45, 7) is 15.3. The summed E-state index contributed by atoms with van der Waals surface area (Å²) in [7, 11) is 0. The molecule has 51 heavy (non-hydrogen) atoms. The third kappa shape index (κ3) is 7.87. The van der Waals surface area contributed by atoms with Crippen LogP contribution in [-0.2, 0) is 10.2 Å². The number of morpholine rings is 1. The molecule has 4 heterocycles. The molecule has 268 valence electrons. The first-order chi connectivity index (χ1) is 24.6. The van der Waals surface area contributed by atoms with Crippen LogP contribution in [0.3, 0.4) is 0 Å². The summed E-state index contributed by atoms with van der Waals surface area (Å²) >= 11 is 0. The molecular formula is C39H48N8O4. The first-order valence-corrected chi connectivity index (χ1v) is 17.9. The van der Waals surface area contributed by atoms with E-state index in [2.05, 4.69) is 72.5 Å². The van der Waals surface area contributed by atoms with E-state index in [-0.39, 0.29) is 29.5 Å². The highest BCUT2D eigenvalue weighted by atomic mass is 16.5. The number of ether oxygens (including phenoxy) is 3. The summed E-state index contributed by atoms with van der Waals surface area (Å²) in [6.07, 6.45) is 3.27. The molecule has 2 N–H and O–H groups in total. The predicted molar refractivity (Wildman–Crippen MR) is 196 cm³/mol. The van der Waals surface area contributed by atoms with Crippen LogP contribution >= 0.6 is 0 Å². The largest absolute Gasteiger partial charge is 0.492 e. The lowest BCUT2D eigenvalue weighted by molar-refractivity contribution is 0.0322. The van der Waals surface area contributed by atoms with Gasteiger partial charge in [0, 0.05) is 43.1 Å². The summed E-state index contributed by atoms with van der Waals surface area (Å²) < 4.78 is 21.9. The Morgan fingerprint density at radius 3 is 2.55 bits per heavy atom. The van der Waals surface area contributed by atoms with Crippen molar-refractivity contribution in [1.29, 1.82) is 0 Å². The van der Waals surface area contributed by atoms with E-state index in [4.69, 9.17) is 19.3 Å². The van der Waals surface area contributed by atoms with Gasteiger partial charge in [0.15, 0.2) is 5.65 Å². The van der Waals surface area contributed by atoms with Gasteiger partial charge in [-0.3, -0.25) is 14.6 Å². The normalized spacial score (nSPS) is 18.1. The fourth-order valence-corrected chi connectivity index (χ4v) is 6.71. The van der Waals surface area contributed by atoms with E-state index in [1.807, 2.05) is 65.2 Å². The highest BCUT2D eigenvalue weighted by molar-refractivity contribution is 5.89.